The maximum absolute atomic E-state index is 5.84. The minimum Gasteiger partial charge on any atom is -0.486 e. The number of fused-ring (bicyclic) bond motifs is 4. The summed E-state index contributed by atoms with van der Waals surface area (Å²) in [7, 11) is 0. The van der Waals surface area contributed by atoms with Crippen LogP contribution in [-0.2, 0) is 0 Å². The molecule has 3 aromatic carbocycles. The molecule has 0 N–H and O–H groups in total. The molecule has 6 rings (SSSR count). The van der Waals surface area contributed by atoms with E-state index in [2.05, 4.69) is 24.3 Å². The predicted octanol–water partition coefficient (Wildman–Crippen LogP) is 5.01. The smallest absolute Gasteiger partial charge is 0.163 e. The van der Waals surface area contributed by atoms with Crippen LogP contribution in [0.2, 0.25) is 0 Å². The second-order valence-corrected chi connectivity index (χ2v) is 7.00. The van der Waals surface area contributed by atoms with Gasteiger partial charge < -0.3 is 9.47 Å². The van der Waals surface area contributed by atoms with Crippen LogP contribution in [-0.4, -0.2) is 28.0 Å². The maximum Gasteiger partial charge on any atom is 0.163 e. The first kappa shape index (κ1) is 16.1. The Morgan fingerprint density at radius 2 is 1.45 bits per heavy atom. The van der Waals surface area contributed by atoms with E-state index in [9.17, 15) is 0 Å². The zero-order valence-electron chi connectivity index (χ0n) is 15.6. The zero-order chi connectivity index (χ0) is 19.2. The third-order valence-corrected chi connectivity index (χ3v) is 5.22. The van der Waals surface area contributed by atoms with Crippen LogP contribution < -0.4 is 9.47 Å². The van der Waals surface area contributed by atoms with Gasteiger partial charge in [0, 0.05) is 28.6 Å². The van der Waals surface area contributed by atoms with Crippen LogP contribution in [0.3, 0.4) is 0 Å². The fourth-order valence-corrected chi connectivity index (χ4v) is 3.89. The van der Waals surface area contributed by atoms with Crippen molar-refractivity contribution in [2.75, 3.05) is 13.2 Å². The molecule has 2 aromatic heterocycles. The Morgan fingerprint density at radius 3 is 2.21 bits per heavy atom. The van der Waals surface area contributed by atoms with Gasteiger partial charge in [0.1, 0.15) is 18.9 Å². The quantitative estimate of drug-likeness (QED) is 0.432. The van der Waals surface area contributed by atoms with Crippen molar-refractivity contribution in [1.82, 2.24) is 14.8 Å². The summed E-state index contributed by atoms with van der Waals surface area (Å²) in [6.07, 6.45) is 1.91. The summed E-state index contributed by atoms with van der Waals surface area (Å²) in [6.45, 7) is 1.11. The Kier molecular flexibility index (Phi) is 3.53. The molecule has 5 heteroatoms. The van der Waals surface area contributed by atoms with Gasteiger partial charge in [0.2, 0.25) is 0 Å². The topological polar surface area (TPSA) is 49.2 Å². The lowest BCUT2D eigenvalue weighted by Gasteiger charge is -2.19. The molecule has 0 fully saturated rings. The first-order valence-electron chi connectivity index (χ1n) is 9.60. The minimum atomic E-state index is 0.551. The van der Waals surface area contributed by atoms with Crippen LogP contribution in [0, 0.1) is 0 Å². The Morgan fingerprint density at radius 1 is 0.759 bits per heavy atom. The van der Waals surface area contributed by atoms with Gasteiger partial charge >= 0.3 is 0 Å². The first-order chi connectivity index (χ1) is 14.4. The summed E-state index contributed by atoms with van der Waals surface area (Å²) in [5.74, 6) is 1.49. The monoisotopic (exact) mass is 379 g/mol. The number of rotatable bonds is 2. The molecule has 0 bridgehead atoms. The molecule has 140 valence electrons. The van der Waals surface area contributed by atoms with E-state index in [1.54, 1.807) is 0 Å². The maximum atomic E-state index is 5.84. The van der Waals surface area contributed by atoms with E-state index < -0.39 is 0 Å². The third kappa shape index (κ3) is 2.55. The number of para-hydroxylation sites is 1. The van der Waals surface area contributed by atoms with Crippen LogP contribution in [0.4, 0.5) is 0 Å². The van der Waals surface area contributed by atoms with E-state index in [1.165, 1.54) is 0 Å². The standard InChI is InChI=1S/C24H17N3O2/c1-3-7-16(8-4-1)23-19-15-25-20-14-22-21(28-11-12-29-22)13-18(20)24(19)27(26-23)17-9-5-2-6-10-17/h1-10,13-15H,11-12H2. The average Bonchev–Trinajstić information content (AvgIpc) is 3.19. The number of aromatic nitrogens is 3. The highest BCUT2D eigenvalue weighted by Gasteiger charge is 2.20. The van der Waals surface area contributed by atoms with Crippen LogP contribution in [0.5, 0.6) is 11.5 Å². The third-order valence-electron chi connectivity index (χ3n) is 5.22. The number of nitrogens with zero attached hydrogens (tertiary/aromatic N) is 3. The van der Waals surface area contributed by atoms with Gasteiger partial charge in [-0.05, 0) is 18.2 Å². The molecule has 1 aliphatic heterocycles. The normalized spacial score (nSPS) is 13.1. The lowest BCUT2D eigenvalue weighted by atomic mass is 10.1. The van der Waals surface area contributed by atoms with Crippen LogP contribution in [0.15, 0.2) is 79.0 Å². The van der Waals surface area contributed by atoms with Gasteiger partial charge in [0.25, 0.3) is 0 Å². The zero-order valence-corrected chi connectivity index (χ0v) is 15.6. The number of hydrogen-bond acceptors (Lipinski definition) is 4. The fourth-order valence-electron chi connectivity index (χ4n) is 3.89. The predicted molar refractivity (Wildman–Crippen MR) is 113 cm³/mol. The largest absolute Gasteiger partial charge is 0.486 e. The fraction of sp³-hybridized carbons (Fsp3) is 0.0833. The van der Waals surface area contributed by atoms with Gasteiger partial charge in [0.15, 0.2) is 11.5 Å². The van der Waals surface area contributed by atoms with Crippen molar-refractivity contribution in [2.45, 2.75) is 0 Å². The molecular weight excluding hydrogens is 362 g/mol. The summed E-state index contributed by atoms with van der Waals surface area (Å²) in [5, 5.41) is 6.99. The SMILES string of the molecule is c1ccc(-c2nn(-c3ccccc3)c3c2cnc2cc4c(cc23)OCCO4)cc1. The summed E-state index contributed by atoms with van der Waals surface area (Å²) >= 11 is 0. The molecule has 5 aromatic rings. The van der Waals surface area contributed by atoms with E-state index in [0.717, 1.165) is 50.2 Å². The molecule has 0 saturated heterocycles. The molecular formula is C24H17N3O2. The summed E-state index contributed by atoms with van der Waals surface area (Å²) in [5.41, 5.74) is 4.84. The summed E-state index contributed by atoms with van der Waals surface area (Å²) < 4.78 is 13.6. The Bertz CT molecular complexity index is 1340. The minimum absolute atomic E-state index is 0.551. The van der Waals surface area contributed by atoms with Crippen molar-refractivity contribution in [3.63, 3.8) is 0 Å². The van der Waals surface area contributed by atoms with E-state index in [-0.39, 0.29) is 0 Å². The van der Waals surface area contributed by atoms with E-state index in [4.69, 9.17) is 19.6 Å². The van der Waals surface area contributed by atoms with Gasteiger partial charge in [-0.1, -0.05) is 48.5 Å². The Hall–Kier alpha value is -3.86. The van der Waals surface area contributed by atoms with Gasteiger partial charge in [-0.3, -0.25) is 4.98 Å². The Labute approximate surface area is 167 Å². The number of hydrogen-bond donors (Lipinski definition) is 0. The highest BCUT2D eigenvalue weighted by atomic mass is 16.6. The molecule has 1 aliphatic rings. The van der Waals surface area contributed by atoms with Crippen LogP contribution in [0.25, 0.3) is 38.8 Å². The van der Waals surface area contributed by atoms with Gasteiger partial charge in [0.05, 0.1) is 16.7 Å². The van der Waals surface area contributed by atoms with Crippen molar-refractivity contribution < 1.29 is 9.47 Å². The number of pyridine rings is 1. The van der Waals surface area contributed by atoms with E-state index in [1.807, 2.05) is 59.4 Å². The van der Waals surface area contributed by atoms with Gasteiger partial charge in [-0.2, -0.15) is 5.10 Å². The molecule has 0 saturated carbocycles. The molecule has 0 atom stereocenters. The number of benzene rings is 3. The average molecular weight is 379 g/mol. The molecule has 0 spiro atoms. The molecule has 0 unspecified atom stereocenters. The number of ether oxygens (including phenoxy) is 2. The van der Waals surface area contributed by atoms with Crippen molar-refractivity contribution in [2.24, 2.45) is 0 Å². The molecule has 0 radical (unpaired) electrons. The molecule has 3 heterocycles. The van der Waals surface area contributed by atoms with Crippen molar-refractivity contribution in [3.05, 3.63) is 79.0 Å². The molecule has 0 amide bonds. The summed E-state index contributed by atoms with van der Waals surface area (Å²) in [4.78, 5) is 4.72. The van der Waals surface area contributed by atoms with E-state index in [0.29, 0.717) is 13.2 Å². The highest BCUT2D eigenvalue weighted by Crippen LogP contribution is 2.39. The van der Waals surface area contributed by atoms with Crippen LogP contribution in [0.1, 0.15) is 0 Å². The molecule has 0 aliphatic carbocycles. The second-order valence-electron chi connectivity index (χ2n) is 7.00. The lowest BCUT2D eigenvalue weighted by Crippen LogP contribution is -2.15. The van der Waals surface area contributed by atoms with E-state index >= 15 is 0 Å². The summed E-state index contributed by atoms with van der Waals surface area (Å²) in [6, 6.07) is 24.4. The highest BCUT2D eigenvalue weighted by molar-refractivity contribution is 6.09. The van der Waals surface area contributed by atoms with Crippen molar-refractivity contribution in [1.29, 1.82) is 0 Å². The first-order valence-corrected chi connectivity index (χ1v) is 9.60. The van der Waals surface area contributed by atoms with Gasteiger partial charge in [-0.15, -0.1) is 0 Å². The van der Waals surface area contributed by atoms with Crippen molar-refractivity contribution >= 4 is 21.8 Å². The second kappa shape index (κ2) is 6.34. The Balaban J connectivity index is 1.73. The van der Waals surface area contributed by atoms with Crippen molar-refractivity contribution in [3.8, 4) is 28.4 Å². The lowest BCUT2D eigenvalue weighted by molar-refractivity contribution is 0.172. The van der Waals surface area contributed by atoms with Gasteiger partial charge in [-0.25, -0.2) is 4.68 Å². The molecule has 5 nitrogen and oxygen atoms in total. The van der Waals surface area contributed by atoms with Crippen LogP contribution >= 0.6 is 0 Å². The molecule has 29 heavy (non-hydrogen) atoms.